The third-order valence-electron chi connectivity index (χ3n) is 2.63. The number of aliphatic carboxylic acids is 1. The van der Waals surface area contributed by atoms with Gasteiger partial charge >= 0.3 is 5.97 Å². The summed E-state index contributed by atoms with van der Waals surface area (Å²) >= 11 is 5.82. The lowest BCUT2D eigenvalue weighted by Crippen LogP contribution is -2.17. The number of benzene rings is 1. The van der Waals surface area contributed by atoms with Gasteiger partial charge in [0.15, 0.2) is 5.03 Å². The second kappa shape index (κ2) is 5.74. The van der Waals surface area contributed by atoms with Gasteiger partial charge in [0.05, 0.1) is 17.6 Å². The zero-order valence-corrected chi connectivity index (χ0v) is 12.5. The zero-order valence-electron chi connectivity index (χ0n) is 10.9. The Balaban J connectivity index is 2.31. The van der Waals surface area contributed by atoms with E-state index >= 15 is 0 Å². The molecule has 0 aliphatic heterocycles. The summed E-state index contributed by atoms with van der Waals surface area (Å²) in [7, 11) is -2.45. The van der Waals surface area contributed by atoms with E-state index < -0.39 is 16.0 Å². The number of carboxylic acid groups (broad SMARTS) is 1. The minimum Gasteiger partial charge on any atom is -0.481 e. The molecule has 0 spiro atoms. The largest absolute Gasteiger partial charge is 0.481 e. The Morgan fingerprint density at radius 1 is 1.48 bits per heavy atom. The van der Waals surface area contributed by atoms with Gasteiger partial charge in [-0.05, 0) is 17.7 Å². The number of anilines is 1. The van der Waals surface area contributed by atoms with Crippen LogP contribution in [0.2, 0.25) is 5.02 Å². The summed E-state index contributed by atoms with van der Waals surface area (Å²) in [5, 5.41) is 12.4. The van der Waals surface area contributed by atoms with E-state index in [1.807, 2.05) is 0 Å². The highest BCUT2D eigenvalue weighted by Crippen LogP contribution is 2.23. The molecular weight excluding hydrogens is 318 g/mol. The number of carboxylic acids is 1. The monoisotopic (exact) mass is 329 g/mol. The van der Waals surface area contributed by atoms with Crippen LogP contribution < -0.4 is 4.72 Å². The molecule has 0 aliphatic carbocycles. The fourth-order valence-corrected chi connectivity index (χ4v) is 3.53. The lowest BCUT2D eigenvalue weighted by Gasteiger charge is -2.09. The van der Waals surface area contributed by atoms with Gasteiger partial charge in [-0.2, -0.15) is 13.5 Å². The molecule has 0 amide bonds. The maximum Gasteiger partial charge on any atom is 0.307 e. The third kappa shape index (κ3) is 3.53. The van der Waals surface area contributed by atoms with Gasteiger partial charge in [0.2, 0.25) is 0 Å². The Hall–Kier alpha value is -2.06. The summed E-state index contributed by atoms with van der Waals surface area (Å²) in [5.74, 6) is -0.996. The van der Waals surface area contributed by atoms with Crippen LogP contribution in [0.3, 0.4) is 0 Å². The number of rotatable bonds is 5. The van der Waals surface area contributed by atoms with Crippen molar-refractivity contribution in [3.63, 3.8) is 0 Å². The topological polar surface area (TPSA) is 101 Å². The van der Waals surface area contributed by atoms with Crippen LogP contribution in [-0.4, -0.2) is 29.3 Å². The average Bonchev–Trinajstić information content (AvgIpc) is 2.68. The van der Waals surface area contributed by atoms with Crippen LogP contribution in [0.1, 0.15) is 5.56 Å². The Bertz CT molecular complexity index is 766. The quantitative estimate of drug-likeness (QED) is 0.865. The molecular formula is C12H12ClN3O4S. The number of hydrogen-bond acceptors (Lipinski definition) is 4. The zero-order chi connectivity index (χ0) is 15.6. The van der Waals surface area contributed by atoms with Crippen LogP contribution in [0.5, 0.6) is 0 Å². The van der Waals surface area contributed by atoms with Crippen LogP contribution in [0.25, 0.3) is 0 Å². The first-order valence-corrected chi connectivity index (χ1v) is 7.67. The highest BCUT2D eigenvalue weighted by atomic mass is 35.5. The van der Waals surface area contributed by atoms with E-state index in [9.17, 15) is 13.2 Å². The van der Waals surface area contributed by atoms with Crippen molar-refractivity contribution in [3.05, 3.63) is 41.0 Å². The predicted octanol–water partition coefficient (Wildman–Crippen LogP) is 1.50. The molecule has 0 aliphatic rings. The minimum atomic E-state index is -3.91. The van der Waals surface area contributed by atoms with E-state index in [0.29, 0.717) is 5.56 Å². The summed E-state index contributed by atoms with van der Waals surface area (Å²) in [6.45, 7) is 0. The number of nitrogens with zero attached hydrogens (tertiary/aromatic N) is 2. The third-order valence-corrected chi connectivity index (χ3v) is 4.52. The summed E-state index contributed by atoms with van der Waals surface area (Å²) < 4.78 is 28.0. The number of halogens is 1. The number of aromatic nitrogens is 2. The maximum absolute atomic E-state index is 12.3. The first kappa shape index (κ1) is 15.3. The van der Waals surface area contributed by atoms with Crippen molar-refractivity contribution < 1.29 is 18.3 Å². The van der Waals surface area contributed by atoms with Gasteiger partial charge in [0, 0.05) is 12.7 Å². The molecule has 1 aromatic heterocycles. The van der Waals surface area contributed by atoms with Crippen molar-refractivity contribution in [3.8, 4) is 0 Å². The fraction of sp³-hybridized carbons (Fsp3) is 0.167. The summed E-state index contributed by atoms with van der Waals surface area (Å²) in [6, 6.07) is 6.15. The highest BCUT2D eigenvalue weighted by molar-refractivity contribution is 7.92. The fourth-order valence-electron chi connectivity index (χ4n) is 1.82. The normalized spacial score (nSPS) is 11.3. The molecule has 0 saturated carbocycles. The first-order chi connectivity index (χ1) is 9.79. The molecule has 0 saturated heterocycles. The van der Waals surface area contributed by atoms with Crippen molar-refractivity contribution in [1.82, 2.24) is 9.78 Å². The van der Waals surface area contributed by atoms with Gasteiger partial charge in [-0.1, -0.05) is 23.7 Å². The van der Waals surface area contributed by atoms with Crippen molar-refractivity contribution in [1.29, 1.82) is 0 Å². The maximum atomic E-state index is 12.3. The van der Waals surface area contributed by atoms with Gasteiger partial charge < -0.3 is 5.11 Å². The number of carbonyl (C=O) groups is 1. The van der Waals surface area contributed by atoms with E-state index in [4.69, 9.17) is 16.7 Å². The number of hydrogen-bond donors (Lipinski definition) is 2. The van der Waals surface area contributed by atoms with Crippen LogP contribution in [-0.2, 0) is 28.3 Å². The molecule has 0 fully saturated rings. The molecule has 2 aromatic rings. The molecule has 2 N–H and O–H groups in total. The van der Waals surface area contributed by atoms with Gasteiger partial charge in [-0.3, -0.25) is 14.2 Å². The summed E-state index contributed by atoms with van der Waals surface area (Å²) in [4.78, 5) is 10.7. The standard InChI is InChI=1S/C12H12ClN3O4S/c1-16-12(10(13)7-14-16)21(19,20)15-9-4-2-3-8(5-9)6-11(17)18/h2-5,7,15H,6H2,1H3,(H,17,18). The Morgan fingerprint density at radius 2 is 2.19 bits per heavy atom. The van der Waals surface area contributed by atoms with E-state index in [2.05, 4.69) is 9.82 Å². The summed E-state index contributed by atoms with van der Waals surface area (Å²) in [5.41, 5.74) is 0.741. The molecule has 0 unspecified atom stereocenters. The Morgan fingerprint density at radius 3 is 2.76 bits per heavy atom. The molecule has 1 aromatic carbocycles. The molecule has 112 valence electrons. The van der Waals surface area contributed by atoms with E-state index in [1.54, 1.807) is 12.1 Å². The first-order valence-electron chi connectivity index (χ1n) is 5.80. The molecule has 21 heavy (non-hydrogen) atoms. The van der Waals surface area contributed by atoms with Crippen LogP contribution in [0, 0.1) is 0 Å². The molecule has 0 radical (unpaired) electrons. The smallest absolute Gasteiger partial charge is 0.307 e. The van der Waals surface area contributed by atoms with Gasteiger partial charge in [-0.25, -0.2) is 0 Å². The van der Waals surface area contributed by atoms with Crippen molar-refractivity contribution in [2.24, 2.45) is 7.05 Å². The summed E-state index contributed by atoms with van der Waals surface area (Å²) in [6.07, 6.45) is 1.04. The van der Waals surface area contributed by atoms with Crippen LogP contribution in [0.15, 0.2) is 35.5 Å². The lowest BCUT2D eigenvalue weighted by molar-refractivity contribution is -0.136. The van der Waals surface area contributed by atoms with Crippen LogP contribution in [0.4, 0.5) is 5.69 Å². The van der Waals surface area contributed by atoms with Crippen molar-refractivity contribution in [2.75, 3.05) is 4.72 Å². The number of sulfonamides is 1. The van der Waals surface area contributed by atoms with Crippen molar-refractivity contribution >= 4 is 33.3 Å². The Kier molecular flexibility index (Phi) is 4.19. The molecule has 7 nitrogen and oxygen atoms in total. The lowest BCUT2D eigenvalue weighted by atomic mass is 10.1. The molecule has 9 heteroatoms. The van der Waals surface area contributed by atoms with Gasteiger partial charge in [-0.15, -0.1) is 0 Å². The van der Waals surface area contributed by atoms with E-state index in [-0.39, 0.29) is 22.2 Å². The second-order valence-corrected chi connectivity index (χ2v) is 6.30. The molecule has 2 rings (SSSR count). The minimum absolute atomic E-state index is 0.00619. The highest BCUT2D eigenvalue weighted by Gasteiger charge is 2.22. The molecule has 0 bridgehead atoms. The number of nitrogens with one attached hydrogen (secondary N) is 1. The number of aryl methyl sites for hydroxylation is 1. The second-order valence-electron chi connectivity index (χ2n) is 4.30. The average molecular weight is 330 g/mol. The molecule has 0 atom stereocenters. The van der Waals surface area contributed by atoms with E-state index in [0.717, 1.165) is 4.68 Å². The molecule has 1 heterocycles. The van der Waals surface area contributed by atoms with Crippen LogP contribution >= 0.6 is 11.6 Å². The predicted molar refractivity (Wildman–Crippen MR) is 76.8 cm³/mol. The SMILES string of the molecule is Cn1ncc(Cl)c1S(=O)(=O)Nc1cccc(CC(=O)O)c1. The van der Waals surface area contributed by atoms with E-state index in [1.165, 1.54) is 25.4 Å². The van der Waals surface area contributed by atoms with Gasteiger partial charge in [0.1, 0.15) is 0 Å². The van der Waals surface area contributed by atoms with Gasteiger partial charge in [0.25, 0.3) is 10.0 Å². The Labute approximate surface area is 126 Å². The van der Waals surface area contributed by atoms with Crippen molar-refractivity contribution in [2.45, 2.75) is 11.4 Å².